The van der Waals surface area contributed by atoms with Crippen LogP contribution in [0.3, 0.4) is 0 Å². The quantitative estimate of drug-likeness (QED) is 0.867. The summed E-state index contributed by atoms with van der Waals surface area (Å²) >= 11 is 0. The second kappa shape index (κ2) is 7.07. The highest BCUT2D eigenvalue weighted by Crippen LogP contribution is 2.19. The van der Waals surface area contributed by atoms with Gasteiger partial charge in [-0.05, 0) is 42.5 Å². The minimum absolute atomic E-state index is 0.0497. The van der Waals surface area contributed by atoms with Crippen molar-refractivity contribution < 1.29 is 4.79 Å². The van der Waals surface area contributed by atoms with Crippen molar-refractivity contribution >= 4 is 5.91 Å². The fourth-order valence-electron chi connectivity index (χ4n) is 2.34. The molecule has 1 atom stereocenters. The summed E-state index contributed by atoms with van der Waals surface area (Å²) < 4.78 is 0. The maximum absolute atomic E-state index is 12.1. The topological polar surface area (TPSA) is 29.1 Å². The van der Waals surface area contributed by atoms with Crippen LogP contribution in [0.5, 0.6) is 0 Å². The number of amides is 1. The van der Waals surface area contributed by atoms with E-state index in [-0.39, 0.29) is 11.9 Å². The van der Waals surface area contributed by atoms with Crippen molar-refractivity contribution in [2.45, 2.75) is 26.3 Å². The highest BCUT2D eigenvalue weighted by atomic mass is 16.1. The van der Waals surface area contributed by atoms with E-state index in [0.29, 0.717) is 11.5 Å². The van der Waals surface area contributed by atoms with E-state index in [1.807, 2.05) is 42.5 Å². The molecule has 1 N–H and O–H groups in total. The van der Waals surface area contributed by atoms with Crippen molar-refractivity contribution in [2.75, 3.05) is 0 Å². The fraction of sp³-hybridized carbons (Fsp3) is 0.263. The van der Waals surface area contributed by atoms with Crippen molar-refractivity contribution in [1.82, 2.24) is 5.32 Å². The summed E-state index contributed by atoms with van der Waals surface area (Å²) in [5.74, 6) is 0.462. The van der Waals surface area contributed by atoms with Crippen LogP contribution < -0.4 is 5.32 Å². The number of rotatable bonds is 5. The fourth-order valence-corrected chi connectivity index (χ4v) is 2.34. The lowest BCUT2D eigenvalue weighted by molar-refractivity contribution is 0.0940. The number of carbonyl (C=O) groups is 1. The summed E-state index contributed by atoms with van der Waals surface area (Å²) in [7, 11) is 0. The largest absolute Gasteiger partial charge is 0.349 e. The predicted octanol–water partition coefficient (Wildman–Crippen LogP) is 4.33. The number of benzene rings is 2. The van der Waals surface area contributed by atoms with E-state index in [4.69, 9.17) is 0 Å². The SMILES string of the molecule is [CH2][C@@H](CC(C)C)NC(=O)c1ccc(-c2ccccc2)cc1. The molecule has 0 aliphatic rings. The second-order valence-corrected chi connectivity index (χ2v) is 5.74. The molecule has 0 bridgehead atoms. The molecule has 0 heterocycles. The Morgan fingerprint density at radius 3 is 2.14 bits per heavy atom. The standard InChI is InChI=1S/C19H22NO/c1-14(2)13-15(3)20-19(21)18-11-9-17(10-12-18)16-7-5-4-6-8-16/h4-12,14-15H,3,13H2,1-2H3,(H,20,21)/t15-/m0/s1. The molecule has 0 spiro atoms. The zero-order valence-electron chi connectivity index (χ0n) is 12.7. The Kier molecular flexibility index (Phi) is 5.15. The van der Waals surface area contributed by atoms with E-state index in [2.05, 4.69) is 38.2 Å². The van der Waals surface area contributed by atoms with Gasteiger partial charge in [0.2, 0.25) is 0 Å². The van der Waals surface area contributed by atoms with Gasteiger partial charge in [0.25, 0.3) is 5.91 Å². The van der Waals surface area contributed by atoms with Crippen LogP contribution in [0, 0.1) is 12.8 Å². The van der Waals surface area contributed by atoms with Crippen LogP contribution in [0.4, 0.5) is 0 Å². The van der Waals surface area contributed by atoms with Crippen LogP contribution >= 0.6 is 0 Å². The molecule has 2 aromatic rings. The van der Waals surface area contributed by atoms with Gasteiger partial charge in [0.1, 0.15) is 0 Å². The van der Waals surface area contributed by atoms with Crippen molar-refractivity contribution in [3.8, 4) is 11.1 Å². The Bertz CT molecular complexity index is 572. The molecule has 2 rings (SSSR count). The average molecular weight is 280 g/mol. The lowest BCUT2D eigenvalue weighted by Crippen LogP contribution is -2.33. The Morgan fingerprint density at radius 1 is 1.00 bits per heavy atom. The molecular formula is C19H22NO. The van der Waals surface area contributed by atoms with Crippen LogP contribution in [-0.4, -0.2) is 11.9 Å². The molecule has 1 radical (unpaired) electrons. The molecule has 109 valence electrons. The molecule has 21 heavy (non-hydrogen) atoms. The molecule has 0 aliphatic carbocycles. The first kappa shape index (κ1) is 15.3. The maximum Gasteiger partial charge on any atom is 0.251 e. The van der Waals surface area contributed by atoms with Gasteiger partial charge in [-0.2, -0.15) is 0 Å². The summed E-state index contributed by atoms with van der Waals surface area (Å²) in [4.78, 5) is 12.1. The normalized spacial score (nSPS) is 12.2. The second-order valence-electron chi connectivity index (χ2n) is 5.74. The van der Waals surface area contributed by atoms with Crippen LogP contribution in [0.25, 0.3) is 11.1 Å². The molecule has 0 saturated heterocycles. The third-order valence-electron chi connectivity index (χ3n) is 3.35. The van der Waals surface area contributed by atoms with Gasteiger partial charge in [-0.3, -0.25) is 4.79 Å². The van der Waals surface area contributed by atoms with Gasteiger partial charge in [-0.25, -0.2) is 0 Å². The Morgan fingerprint density at radius 2 is 1.57 bits per heavy atom. The number of hydrogen-bond donors (Lipinski definition) is 1. The highest BCUT2D eigenvalue weighted by Gasteiger charge is 2.11. The summed E-state index contributed by atoms with van der Waals surface area (Å²) in [6.07, 6.45) is 0.883. The number of carbonyl (C=O) groups excluding carboxylic acids is 1. The van der Waals surface area contributed by atoms with E-state index in [9.17, 15) is 4.79 Å². The number of hydrogen-bond acceptors (Lipinski definition) is 1. The molecule has 2 nitrogen and oxygen atoms in total. The van der Waals surface area contributed by atoms with E-state index in [1.165, 1.54) is 0 Å². The van der Waals surface area contributed by atoms with E-state index >= 15 is 0 Å². The molecule has 0 fully saturated rings. The van der Waals surface area contributed by atoms with Gasteiger partial charge in [0, 0.05) is 11.6 Å². The van der Waals surface area contributed by atoms with Crippen molar-refractivity contribution in [3.63, 3.8) is 0 Å². The van der Waals surface area contributed by atoms with Crippen molar-refractivity contribution in [2.24, 2.45) is 5.92 Å². The Balaban J connectivity index is 2.03. The Labute approximate surface area is 127 Å². The van der Waals surface area contributed by atoms with Crippen LogP contribution in [0.15, 0.2) is 54.6 Å². The monoisotopic (exact) mass is 280 g/mol. The van der Waals surface area contributed by atoms with Gasteiger partial charge in [0.05, 0.1) is 0 Å². The van der Waals surface area contributed by atoms with Crippen LogP contribution in [0.1, 0.15) is 30.6 Å². The molecule has 2 aromatic carbocycles. The number of nitrogens with one attached hydrogen (secondary N) is 1. The van der Waals surface area contributed by atoms with E-state index < -0.39 is 0 Å². The zero-order chi connectivity index (χ0) is 15.2. The van der Waals surface area contributed by atoms with Crippen molar-refractivity contribution in [3.05, 3.63) is 67.1 Å². The first-order valence-electron chi connectivity index (χ1n) is 7.35. The first-order chi connectivity index (χ1) is 10.1. The molecule has 0 aromatic heterocycles. The molecule has 0 aliphatic heterocycles. The Hall–Kier alpha value is -2.09. The summed E-state index contributed by atoms with van der Waals surface area (Å²) in [6, 6.07) is 17.8. The van der Waals surface area contributed by atoms with Gasteiger partial charge in [0.15, 0.2) is 0 Å². The molecule has 2 heteroatoms. The van der Waals surface area contributed by atoms with Gasteiger partial charge >= 0.3 is 0 Å². The smallest absolute Gasteiger partial charge is 0.251 e. The highest BCUT2D eigenvalue weighted by molar-refractivity contribution is 5.94. The van der Waals surface area contributed by atoms with E-state index in [0.717, 1.165) is 17.5 Å². The minimum Gasteiger partial charge on any atom is -0.349 e. The molecule has 1 amide bonds. The average Bonchev–Trinajstić information content (AvgIpc) is 2.47. The predicted molar refractivity (Wildman–Crippen MR) is 87.9 cm³/mol. The third-order valence-corrected chi connectivity index (χ3v) is 3.35. The summed E-state index contributed by atoms with van der Waals surface area (Å²) in [5.41, 5.74) is 2.94. The van der Waals surface area contributed by atoms with Gasteiger partial charge in [-0.15, -0.1) is 0 Å². The van der Waals surface area contributed by atoms with Crippen molar-refractivity contribution in [1.29, 1.82) is 0 Å². The van der Waals surface area contributed by atoms with E-state index in [1.54, 1.807) is 0 Å². The lowest BCUT2D eigenvalue weighted by atomic mass is 10.0. The zero-order valence-corrected chi connectivity index (χ0v) is 12.7. The third kappa shape index (κ3) is 4.45. The molecule has 0 saturated carbocycles. The molecular weight excluding hydrogens is 258 g/mol. The maximum atomic E-state index is 12.1. The molecule has 0 unspecified atom stereocenters. The van der Waals surface area contributed by atoms with Crippen LogP contribution in [-0.2, 0) is 0 Å². The first-order valence-corrected chi connectivity index (χ1v) is 7.35. The minimum atomic E-state index is -0.0599. The van der Waals surface area contributed by atoms with Crippen LogP contribution in [0.2, 0.25) is 0 Å². The summed E-state index contributed by atoms with van der Waals surface area (Å²) in [6.45, 7) is 8.22. The summed E-state index contributed by atoms with van der Waals surface area (Å²) in [5, 5.41) is 2.94. The van der Waals surface area contributed by atoms with Gasteiger partial charge in [-0.1, -0.05) is 56.3 Å². The van der Waals surface area contributed by atoms with Gasteiger partial charge < -0.3 is 5.32 Å². The lowest BCUT2D eigenvalue weighted by Gasteiger charge is -2.15.